The molecule has 1 N–H and O–H groups in total. The van der Waals surface area contributed by atoms with Crippen LogP contribution in [-0.2, 0) is 6.54 Å². The predicted molar refractivity (Wildman–Crippen MR) is 72.4 cm³/mol. The van der Waals surface area contributed by atoms with Crippen LogP contribution in [0.25, 0.3) is 0 Å². The van der Waals surface area contributed by atoms with Crippen molar-refractivity contribution in [3.63, 3.8) is 0 Å². The van der Waals surface area contributed by atoms with Gasteiger partial charge in [0.25, 0.3) is 0 Å². The highest BCUT2D eigenvalue weighted by Gasteiger charge is 2.12. The van der Waals surface area contributed by atoms with Gasteiger partial charge in [-0.2, -0.15) is 0 Å². The van der Waals surface area contributed by atoms with E-state index in [-0.39, 0.29) is 0 Å². The van der Waals surface area contributed by atoms with Gasteiger partial charge in [0.2, 0.25) is 0 Å². The summed E-state index contributed by atoms with van der Waals surface area (Å²) in [4.78, 5) is 0. The predicted octanol–water partition coefficient (Wildman–Crippen LogP) is 4.42. The minimum atomic E-state index is 0.610. The number of hydrogen-bond donors (Lipinski definition) is 1. The summed E-state index contributed by atoms with van der Waals surface area (Å²) in [6.07, 6.45) is 2.52. The number of thiophene rings is 1. The maximum absolute atomic E-state index is 3.60. The summed E-state index contributed by atoms with van der Waals surface area (Å²) in [6.45, 7) is 7.82. The second-order valence-electron chi connectivity index (χ2n) is 4.01. The Morgan fingerprint density at radius 1 is 1.40 bits per heavy atom. The van der Waals surface area contributed by atoms with Gasteiger partial charge in [-0.25, -0.2) is 0 Å². The SMILES string of the molecule is CCC(CC)C(C)NCc1csc(Br)c1. The van der Waals surface area contributed by atoms with E-state index in [1.165, 1.54) is 22.2 Å². The summed E-state index contributed by atoms with van der Waals surface area (Å²) in [5, 5.41) is 5.81. The zero-order chi connectivity index (χ0) is 11.3. The van der Waals surface area contributed by atoms with Gasteiger partial charge in [-0.15, -0.1) is 11.3 Å². The second-order valence-corrected chi connectivity index (χ2v) is 6.30. The quantitative estimate of drug-likeness (QED) is 0.817. The van der Waals surface area contributed by atoms with E-state index in [1.54, 1.807) is 11.3 Å². The molecule has 1 nitrogen and oxygen atoms in total. The van der Waals surface area contributed by atoms with Crippen molar-refractivity contribution in [1.29, 1.82) is 0 Å². The fourth-order valence-corrected chi connectivity index (χ4v) is 3.09. The van der Waals surface area contributed by atoms with Gasteiger partial charge in [0.15, 0.2) is 0 Å². The number of rotatable bonds is 6. The molecule has 1 heterocycles. The van der Waals surface area contributed by atoms with Crippen LogP contribution in [0.2, 0.25) is 0 Å². The maximum atomic E-state index is 3.60. The van der Waals surface area contributed by atoms with Crippen LogP contribution in [0.15, 0.2) is 15.2 Å². The number of nitrogens with one attached hydrogen (secondary N) is 1. The van der Waals surface area contributed by atoms with Crippen molar-refractivity contribution in [2.24, 2.45) is 5.92 Å². The molecule has 0 spiro atoms. The van der Waals surface area contributed by atoms with Crippen molar-refractivity contribution < 1.29 is 0 Å². The van der Waals surface area contributed by atoms with E-state index in [0.29, 0.717) is 6.04 Å². The summed E-state index contributed by atoms with van der Waals surface area (Å²) in [5.41, 5.74) is 1.38. The topological polar surface area (TPSA) is 12.0 Å². The molecular formula is C12H20BrNS. The third-order valence-corrected chi connectivity index (χ3v) is 4.56. The molecule has 1 aromatic rings. The standard InChI is InChI=1S/C12H20BrNS/c1-4-11(5-2)9(3)14-7-10-6-12(13)15-8-10/h6,8-9,11,14H,4-5,7H2,1-3H3. The third kappa shape index (κ3) is 4.25. The first-order valence-corrected chi connectivity index (χ1v) is 7.30. The van der Waals surface area contributed by atoms with Gasteiger partial charge in [0, 0.05) is 12.6 Å². The first-order chi connectivity index (χ1) is 7.17. The molecule has 0 aliphatic carbocycles. The zero-order valence-corrected chi connectivity index (χ0v) is 12.1. The van der Waals surface area contributed by atoms with E-state index in [1.807, 2.05) is 0 Å². The van der Waals surface area contributed by atoms with E-state index >= 15 is 0 Å². The molecule has 0 aliphatic rings. The van der Waals surface area contributed by atoms with Crippen LogP contribution in [0.1, 0.15) is 39.2 Å². The van der Waals surface area contributed by atoms with Crippen LogP contribution in [0.5, 0.6) is 0 Å². The molecular weight excluding hydrogens is 270 g/mol. The van der Waals surface area contributed by atoms with Gasteiger partial charge < -0.3 is 5.32 Å². The molecule has 86 valence electrons. The van der Waals surface area contributed by atoms with E-state index in [0.717, 1.165) is 12.5 Å². The van der Waals surface area contributed by atoms with Gasteiger partial charge in [0.1, 0.15) is 0 Å². The van der Waals surface area contributed by atoms with Crippen LogP contribution in [0.3, 0.4) is 0 Å². The van der Waals surface area contributed by atoms with Crippen molar-refractivity contribution >= 4 is 27.3 Å². The molecule has 0 aliphatic heterocycles. The lowest BCUT2D eigenvalue weighted by Crippen LogP contribution is -2.32. The Balaban J connectivity index is 2.36. The maximum Gasteiger partial charge on any atom is 0.0701 e. The monoisotopic (exact) mass is 289 g/mol. The van der Waals surface area contributed by atoms with Crippen LogP contribution >= 0.6 is 27.3 Å². The Labute approximate surface area is 105 Å². The summed E-state index contributed by atoms with van der Waals surface area (Å²) < 4.78 is 1.22. The summed E-state index contributed by atoms with van der Waals surface area (Å²) in [6, 6.07) is 2.80. The lowest BCUT2D eigenvalue weighted by Gasteiger charge is -2.22. The first kappa shape index (κ1) is 13.2. The smallest absolute Gasteiger partial charge is 0.0701 e. The Morgan fingerprint density at radius 2 is 2.07 bits per heavy atom. The highest BCUT2D eigenvalue weighted by Crippen LogP contribution is 2.21. The molecule has 1 rings (SSSR count). The lowest BCUT2D eigenvalue weighted by molar-refractivity contribution is 0.353. The highest BCUT2D eigenvalue weighted by molar-refractivity contribution is 9.11. The van der Waals surface area contributed by atoms with E-state index in [2.05, 4.69) is 53.5 Å². The van der Waals surface area contributed by atoms with Crippen LogP contribution < -0.4 is 5.32 Å². The normalized spacial score (nSPS) is 13.4. The fraction of sp³-hybridized carbons (Fsp3) is 0.667. The zero-order valence-electron chi connectivity index (χ0n) is 9.72. The molecule has 0 aromatic carbocycles. The fourth-order valence-electron chi connectivity index (χ4n) is 1.88. The average molecular weight is 290 g/mol. The molecule has 0 fully saturated rings. The summed E-state index contributed by atoms with van der Waals surface area (Å²) in [5.74, 6) is 0.798. The molecule has 0 radical (unpaired) electrons. The second kappa shape index (κ2) is 6.66. The van der Waals surface area contributed by atoms with E-state index < -0.39 is 0 Å². The molecule has 15 heavy (non-hydrogen) atoms. The minimum Gasteiger partial charge on any atom is -0.310 e. The van der Waals surface area contributed by atoms with Gasteiger partial charge in [0.05, 0.1) is 3.79 Å². The first-order valence-electron chi connectivity index (χ1n) is 5.63. The molecule has 3 heteroatoms. The van der Waals surface area contributed by atoms with Gasteiger partial charge in [-0.05, 0) is 45.8 Å². The van der Waals surface area contributed by atoms with Gasteiger partial charge in [-0.3, -0.25) is 0 Å². The van der Waals surface area contributed by atoms with Crippen molar-refractivity contribution in [2.75, 3.05) is 0 Å². The Kier molecular flexibility index (Phi) is 5.87. The third-order valence-electron chi connectivity index (χ3n) is 3.01. The Hall–Kier alpha value is 0.140. The van der Waals surface area contributed by atoms with Crippen molar-refractivity contribution in [2.45, 2.75) is 46.2 Å². The van der Waals surface area contributed by atoms with Crippen molar-refractivity contribution in [1.82, 2.24) is 5.32 Å². The largest absolute Gasteiger partial charge is 0.310 e. The number of halogens is 1. The molecule has 1 unspecified atom stereocenters. The van der Waals surface area contributed by atoms with Gasteiger partial charge in [-0.1, -0.05) is 26.7 Å². The molecule has 0 saturated carbocycles. The van der Waals surface area contributed by atoms with Crippen LogP contribution in [0.4, 0.5) is 0 Å². The van der Waals surface area contributed by atoms with Crippen molar-refractivity contribution in [3.05, 3.63) is 20.8 Å². The molecule has 0 amide bonds. The highest BCUT2D eigenvalue weighted by atomic mass is 79.9. The average Bonchev–Trinajstić information content (AvgIpc) is 2.63. The Morgan fingerprint density at radius 3 is 2.53 bits per heavy atom. The van der Waals surface area contributed by atoms with Gasteiger partial charge >= 0.3 is 0 Å². The minimum absolute atomic E-state index is 0.610. The molecule has 0 saturated heterocycles. The summed E-state index contributed by atoms with van der Waals surface area (Å²) >= 11 is 5.24. The molecule has 1 aromatic heterocycles. The van der Waals surface area contributed by atoms with E-state index in [9.17, 15) is 0 Å². The van der Waals surface area contributed by atoms with Crippen molar-refractivity contribution in [3.8, 4) is 0 Å². The van der Waals surface area contributed by atoms with Crippen LogP contribution in [0, 0.1) is 5.92 Å². The summed E-state index contributed by atoms with van der Waals surface area (Å²) in [7, 11) is 0. The van der Waals surface area contributed by atoms with Crippen LogP contribution in [-0.4, -0.2) is 6.04 Å². The Bertz CT molecular complexity index is 281. The lowest BCUT2D eigenvalue weighted by atomic mass is 9.95. The molecule has 0 bridgehead atoms. The van der Waals surface area contributed by atoms with E-state index in [4.69, 9.17) is 0 Å². The molecule has 1 atom stereocenters. The number of hydrogen-bond acceptors (Lipinski definition) is 2.